The third-order valence-corrected chi connectivity index (χ3v) is 4.96. The van der Waals surface area contributed by atoms with Crippen molar-refractivity contribution in [1.29, 1.82) is 0 Å². The van der Waals surface area contributed by atoms with Crippen LogP contribution in [0.25, 0.3) is 0 Å². The maximum Gasteiger partial charge on any atom is 0.310 e. The van der Waals surface area contributed by atoms with Gasteiger partial charge in [-0.15, -0.1) is 0 Å². The second-order valence-electron chi connectivity index (χ2n) is 6.44. The van der Waals surface area contributed by atoms with E-state index in [-0.39, 0.29) is 23.7 Å². The lowest BCUT2D eigenvalue weighted by Crippen LogP contribution is -2.07. The number of ether oxygens (including phenoxy) is 1. The summed E-state index contributed by atoms with van der Waals surface area (Å²) in [5, 5.41) is 0. The number of carbonyl (C=O) groups excluding carboxylic acids is 1. The van der Waals surface area contributed by atoms with Crippen molar-refractivity contribution in [3.8, 4) is 0 Å². The molecule has 1 aromatic heterocycles. The Morgan fingerprint density at radius 1 is 1.04 bits per heavy atom. The highest BCUT2D eigenvalue weighted by molar-refractivity contribution is 5.80. The topological polar surface area (TPSA) is 44.1 Å². The first-order valence-electron chi connectivity index (χ1n) is 8.46. The molecule has 0 unspecified atom stereocenters. The van der Waals surface area contributed by atoms with Gasteiger partial charge in [-0.3, -0.25) is 4.79 Å². The van der Waals surface area contributed by atoms with Gasteiger partial charge in [0.05, 0.1) is 19.4 Å². The highest BCUT2D eigenvalue weighted by atomic mass is 16.5. The third kappa shape index (κ3) is 2.95. The van der Waals surface area contributed by atoms with Gasteiger partial charge in [-0.05, 0) is 11.1 Å². The van der Waals surface area contributed by atoms with Crippen LogP contribution in [0.5, 0.6) is 0 Å². The standard InChI is InChI=1S/C21H20N2O2/c1-25-21(24)20-18(16-10-6-3-7-11-16)19(20)17-12-22-14-23(17)13-15-8-4-2-5-9-15/h2-12,14,18-20H,13H2,1H3/t18-,19-,20+/m1/s1. The quantitative estimate of drug-likeness (QED) is 0.671. The van der Waals surface area contributed by atoms with Crippen LogP contribution >= 0.6 is 0 Å². The number of aromatic nitrogens is 2. The van der Waals surface area contributed by atoms with Crippen molar-refractivity contribution in [2.24, 2.45) is 5.92 Å². The van der Waals surface area contributed by atoms with Crippen LogP contribution in [0.15, 0.2) is 73.2 Å². The van der Waals surface area contributed by atoms with Crippen molar-refractivity contribution >= 4 is 5.97 Å². The fourth-order valence-electron chi connectivity index (χ4n) is 3.72. The van der Waals surface area contributed by atoms with Crippen molar-refractivity contribution < 1.29 is 9.53 Å². The zero-order chi connectivity index (χ0) is 17.2. The van der Waals surface area contributed by atoms with E-state index in [1.54, 1.807) is 0 Å². The minimum absolute atomic E-state index is 0.112. The number of carbonyl (C=O) groups is 1. The molecular weight excluding hydrogens is 312 g/mol. The van der Waals surface area contributed by atoms with Crippen LogP contribution in [-0.4, -0.2) is 22.6 Å². The minimum Gasteiger partial charge on any atom is -0.469 e. The van der Waals surface area contributed by atoms with E-state index in [9.17, 15) is 4.79 Å². The van der Waals surface area contributed by atoms with Crippen LogP contribution < -0.4 is 0 Å². The Hall–Kier alpha value is -2.88. The van der Waals surface area contributed by atoms with Crippen molar-refractivity contribution in [2.45, 2.75) is 18.4 Å². The summed E-state index contributed by atoms with van der Waals surface area (Å²) >= 11 is 0. The molecule has 4 rings (SSSR count). The minimum atomic E-state index is -0.147. The molecule has 1 fully saturated rings. The lowest BCUT2D eigenvalue weighted by atomic mass is 10.1. The molecule has 1 aliphatic carbocycles. The maximum atomic E-state index is 12.3. The molecule has 4 nitrogen and oxygen atoms in total. The Morgan fingerprint density at radius 2 is 1.72 bits per heavy atom. The van der Waals surface area contributed by atoms with Gasteiger partial charge >= 0.3 is 5.97 Å². The Balaban J connectivity index is 1.65. The number of methoxy groups -OCH3 is 1. The number of esters is 1. The zero-order valence-electron chi connectivity index (χ0n) is 14.1. The van der Waals surface area contributed by atoms with E-state index >= 15 is 0 Å². The molecule has 1 heterocycles. The molecule has 0 amide bonds. The lowest BCUT2D eigenvalue weighted by molar-refractivity contribution is -0.142. The number of hydrogen-bond acceptors (Lipinski definition) is 3. The highest BCUT2D eigenvalue weighted by Gasteiger charge is 2.58. The zero-order valence-corrected chi connectivity index (χ0v) is 14.1. The van der Waals surface area contributed by atoms with Gasteiger partial charge in [0.1, 0.15) is 0 Å². The molecule has 0 saturated heterocycles. The Labute approximate surface area is 147 Å². The van der Waals surface area contributed by atoms with Gasteiger partial charge in [0.15, 0.2) is 0 Å². The lowest BCUT2D eigenvalue weighted by Gasteiger charge is -2.08. The summed E-state index contributed by atoms with van der Waals surface area (Å²) < 4.78 is 7.18. The first kappa shape index (κ1) is 15.6. The third-order valence-electron chi connectivity index (χ3n) is 4.96. The van der Waals surface area contributed by atoms with E-state index in [2.05, 4.69) is 33.8 Å². The van der Waals surface area contributed by atoms with Crippen molar-refractivity contribution in [3.05, 3.63) is 90.0 Å². The molecule has 0 N–H and O–H groups in total. The van der Waals surface area contributed by atoms with Gasteiger partial charge in [-0.2, -0.15) is 0 Å². The van der Waals surface area contributed by atoms with Crippen molar-refractivity contribution in [2.75, 3.05) is 7.11 Å². The molecule has 0 aliphatic heterocycles. The summed E-state index contributed by atoms with van der Waals surface area (Å²) in [4.78, 5) is 16.6. The molecule has 0 radical (unpaired) electrons. The molecule has 3 aromatic rings. The van der Waals surface area contributed by atoms with E-state index in [1.165, 1.54) is 18.2 Å². The number of nitrogens with zero attached hydrogens (tertiary/aromatic N) is 2. The summed E-state index contributed by atoms with van der Waals surface area (Å²) in [5.74, 6) is -0.0223. The van der Waals surface area contributed by atoms with Gasteiger partial charge < -0.3 is 9.30 Å². The van der Waals surface area contributed by atoms with Gasteiger partial charge in [0.25, 0.3) is 0 Å². The van der Waals surface area contributed by atoms with Crippen LogP contribution in [0.4, 0.5) is 0 Å². The largest absolute Gasteiger partial charge is 0.469 e. The number of benzene rings is 2. The normalized spacial score (nSPS) is 21.7. The van der Waals surface area contributed by atoms with Gasteiger partial charge in [-0.25, -0.2) is 4.98 Å². The summed E-state index contributed by atoms with van der Waals surface area (Å²) in [5.41, 5.74) is 3.48. The predicted molar refractivity (Wildman–Crippen MR) is 95.2 cm³/mol. The number of rotatable bonds is 5. The van der Waals surface area contributed by atoms with Gasteiger partial charge in [0, 0.05) is 30.3 Å². The summed E-state index contributed by atoms with van der Waals surface area (Å²) in [7, 11) is 1.46. The molecule has 0 spiro atoms. The van der Waals surface area contributed by atoms with Crippen LogP contribution in [0, 0.1) is 5.92 Å². The van der Waals surface area contributed by atoms with E-state index in [0.717, 1.165) is 12.2 Å². The molecule has 25 heavy (non-hydrogen) atoms. The summed E-state index contributed by atoms with van der Waals surface area (Å²) in [6, 6.07) is 20.5. The number of imidazole rings is 1. The smallest absolute Gasteiger partial charge is 0.310 e. The molecule has 2 aromatic carbocycles. The van der Waals surface area contributed by atoms with E-state index in [1.807, 2.05) is 48.9 Å². The molecule has 4 heteroatoms. The Bertz CT molecular complexity index is 858. The molecular formula is C21H20N2O2. The fraction of sp³-hybridized carbons (Fsp3) is 0.238. The average Bonchev–Trinajstić information content (AvgIpc) is 3.25. The maximum absolute atomic E-state index is 12.3. The SMILES string of the molecule is COC(=O)[C@H]1[C@H](c2ccccc2)[C@H]1c1cncn1Cc1ccccc1. The van der Waals surface area contributed by atoms with E-state index < -0.39 is 0 Å². The van der Waals surface area contributed by atoms with Gasteiger partial charge in [0.2, 0.25) is 0 Å². The molecule has 3 atom stereocenters. The van der Waals surface area contributed by atoms with Crippen LogP contribution in [0.2, 0.25) is 0 Å². The summed E-state index contributed by atoms with van der Waals surface area (Å²) in [6.07, 6.45) is 3.73. The second-order valence-corrected chi connectivity index (χ2v) is 6.44. The molecule has 126 valence electrons. The summed E-state index contributed by atoms with van der Waals surface area (Å²) in [6.45, 7) is 0.752. The fourth-order valence-corrected chi connectivity index (χ4v) is 3.72. The first-order chi connectivity index (χ1) is 12.3. The Kier molecular flexibility index (Phi) is 4.10. The predicted octanol–water partition coefficient (Wildman–Crippen LogP) is 3.60. The Morgan fingerprint density at radius 3 is 2.40 bits per heavy atom. The van der Waals surface area contributed by atoms with Gasteiger partial charge in [-0.1, -0.05) is 60.7 Å². The molecule has 1 saturated carbocycles. The van der Waals surface area contributed by atoms with E-state index in [4.69, 9.17) is 4.74 Å². The average molecular weight is 332 g/mol. The number of hydrogen-bond donors (Lipinski definition) is 0. The molecule has 0 bridgehead atoms. The van der Waals surface area contributed by atoms with Crippen molar-refractivity contribution in [3.63, 3.8) is 0 Å². The van der Waals surface area contributed by atoms with Crippen LogP contribution in [-0.2, 0) is 16.1 Å². The van der Waals surface area contributed by atoms with Crippen molar-refractivity contribution in [1.82, 2.24) is 9.55 Å². The van der Waals surface area contributed by atoms with E-state index in [0.29, 0.717) is 0 Å². The molecule has 1 aliphatic rings. The highest BCUT2D eigenvalue weighted by Crippen LogP contribution is 2.60. The van der Waals surface area contributed by atoms with Crippen LogP contribution in [0.1, 0.15) is 28.7 Å². The van der Waals surface area contributed by atoms with Crippen LogP contribution in [0.3, 0.4) is 0 Å². The monoisotopic (exact) mass is 332 g/mol. The second kappa shape index (κ2) is 6.55. The first-order valence-corrected chi connectivity index (χ1v) is 8.46.